The van der Waals surface area contributed by atoms with Gasteiger partial charge in [-0.05, 0) is 36.5 Å². The second-order valence-corrected chi connectivity index (χ2v) is 8.73. The van der Waals surface area contributed by atoms with Gasteiger partial charge in [-0.2, -0.15) is 0 Å². The SMILES string of the molecule is CC(=O)N(c1ccc(C(C)C)cc1)C1CSC(=NC2CCCCC2)N1C. The maximum Gasteiger partial charge on any atom is 0.225 e. The lowest BCUT2D eigenvalue weighted by molar-refractivity contribution is -0.117. The molecule has 142 valence electrons. The molecule has 1 unspecified atom stereocenters. The number of anilines is 1. The third-order valence-electron chi connectivity index (χ3n) is 5.45. The van der Waals surface area contributed by atoms with E-state index in [9.17, 15) is 4.79 Å². The number of thioether (sulfide) groups is 1. The molecule has 1 aliphatic heterocycles. The third kappa shape index (κ3) is 4.25. The molecule has 0 spiro atoms. The number of nitrogens with zero attached hydrogens (tertiary/aromatic N) is 3. The van der Waals surface area contributed by atoms with Crippen molar-refractivity contribution in [3.63, 3.8) is 0 Å². The Morgan fingerprint density at radius 1 is 1.19 bits per heavy atom. The van der Waals surface area contributed by atoms with Gasteiger partial charge >= 0.3 is 0 Å². The molecule has 1 saturated carbocycles. The van der Waals surface area contributed by atoms with Crippen molar-refractivity contribution in [3.8, 4) is 0 Å². The first-order valence-electron chi connectivity index (χ1n) is 9.80. The van der Waals surface area contributed by atoms with Crippen LogP contribution in [0.15, 0.2) is 29.3 Å². The van der Waals surface area contributed by atoms with Crippen LogP contribution in [0, 0.1) is 0 Å². The van der Waals surface area contributed by atoms with Crippen molar-refractivity contribution in [2.45, 2.75) is 71.0 Å². The van der Waals surface area contributed by atoms with Gasteiger partial charge in [0.25, 0.3) is 0 Å². The van der Waals surface area contributed by atoms with Crippen molar-refractivity contribution in [1.29, 1.82) is 0 Å². The second-order valence-electron chi connectivity index (χ2n) is 7.74. The molecule has 26 heavy (non-hydrogen) atoms. The van der Waals surface area contributed by atoms with E-state index in [4.69, 9.17) is 4.99 Å². The van der Waals surface area contributed by atoms with Crippen LogP contribution in [0.5, 0.6) is 0 Å². The normalized spacial score (nSPS) is 23.0. The van der Waals surface area contributed by atoms with E-state index in [0.29, 0.717) is 12.0 Å². The van der Waals surface area contributed by atoms with E-state index in [2.05, 4.69) is 50.1 Å². The summed E-state index contributed by atoms with van der Waals surface area (Å²) in [4.78, 5) is 21.6. The Balaban J connectivity index is 1.78. The number of carbonyl (C=O) groups excluding carboxylic acids is 1. The van der Waals surface area contributed by atoms with E-state index in [0.717, 1.165) is 16.6 Å². The average molecular weight is 374 g/mol. The third-order valence-corrected chi connectivity index (χ3v) is 6.57. The Labute approximate surface area is 162 Å². The zero-order valence-electron chi connectivity index (χ0n) is 16.4. The molecular formula is C21H31N3OS. The molecule has 1 aromatic rings. The molecule has 5 heteroatoms. The average Bonchev–Trinajstić information content (AvgIpc) is 2.97. The first kappa shape index (κ1) is 19.3. The van der Waals surface area contributed by atoms with E-state index >= 15 is 0 Å². The quantitative estimate of drug-likeness (QED) is 0.756. The number of amidine groups is 1. The van der Waals surface area contributed by atoms with Gasteiger partial charge in [0.15, 0.2) is 5.17 Å². The second kappa shape index (κ2) is 8.47. The minimum atomic E-state index is 0.0322. The minimum absolute atomic E-state index is 0.0322. The highest BCUT2D eigenvalue weighted by atomic mass is 32.2. The van der Waals surface area contributed by atoms with Crippen LogP contribution in [0.3, 0.4) is 0 Å². The zero-order chi connectivity index (χ0) is 18.7. The number of benzene rings is 1. The van der Waals surface area contributed by atoms with Crippen LogP contribution < -0.4 is 4.90 Å². The predicted molar refractivity (Wildman–Crippen MR) is 112 cm³/mol. The number of hydrogen-bond acceptors (Lipinski definition) is 3. The molecular weight excluding hydrogens is 342 g/mol. The van der Waals surface area contributed by atoms with Crippen LogP contribution >= 0.6 is 11.8 Å². The number of hydrogen-bond donors (Lipinski definition) is 0. The van der Waals surface area contributed by atoms with Gasteiger partial charge in [-0.1, -0.05) is 57.0 Å². The van der Waals surface area contributed by atoms with E-state index in [1.807, 2.05) is 4.90 Å². The summed E-state index contributed by atoms with van der Waals surface area (Å²) in [7, 11) is 2.07. The largest absolute Gasteiger partial charge is 0.333 e. The highest BCUT2D eigenvalue weighted by molar-refractivity contribution is 8.14. The Morgan fingerprint density at radius 3 is 2.42 bits per heavy atom. The van der Waals surface area contributed by atoms with Crippen molar-refractivity contribution in [1.82, 2.24) is 4.90 Å². The molecule has 0 N–H and O–H groups in total. The highest BCUT2D eigenvalue weighted by Crippen LogP contribution is 2.31. The highest BCUT2D eigenvalue weighted by Gasteiger charge is 2.35. The van der Waals surface area contributed by atoms with E-state index in [1.165, 1.54) is 37.7 Å². The van der Waals surface area contributed by atoms with E-state index in [-0.39, 0.29) is 12.1 Å². The maximum atomic E-state index is 12.4. The molecule has 0 bridgehead atoms. The lowest BCUT2D eigenvalue weighted by atomic mass is 9.96. The first-order valence-corrected chi connectivity index (χ1v) is 10.8. The summed E-state index contributed by atoms with van der Waals surface area (Å²) in [6, 6.07) is 8.88. The van der Waals surface area contributed by atoms with Gasteiger partial charge < -0.3 is 4.90 Å². The van der Waals surface area contributed by atoms with Crippen molar-refractivity contribution in [2.24, 2.45) is 4.99 Å². The Bertz CT molecular complexity index is 650. The molecule has 3 rings (SSSR count). The van der Waals surface area contributed by atoms with Gasteiger partial charge in [0.05, 0.1) is 6.04 Å². The molecule has 0 radical (unpaired) electrons. The van der Waals surface area contributed by atoms with Crippen molar-refractivity contribution in [2.75, 3.05) is 17.7 Å². The number of aliphatic imine (C=N–C) groups is 1. The minimum Gasteiger partial charge on any atom is -0.333 e. The fourth-order valence-corrected chi connectivity index (χ4v) is 5.04. The van der Waals surface area contributed by atoms with Gasteiger partial charge in [-0.3, -0.25) is 14.7 Å². The molecule has 1 aliphatic carbocycles. The summed E-state index contributed by atoms with van der Waals surface area (Å²) in [5.41, 5.74) is 2.27. The van der Waals surface area contributed by atoms with Crippen LogP contribution in [0.4, 0.5) is 5.69 Å². The first-order chi connectivity index (χ1) is 12.5. The van der Waals surface area contributed by atoms with Crippen molar-refractivity contribution >= 4 is 28.5 Å². The topological polar surface area (TPSA) is 35.9 Å². The smallest absolute Gasteiger partial charge is 0.225 e. The summed E-state index contributed by atoms with van der Waals surface area (Å²) in [6.07, 6.45) is 6.37. The lowest BCUT2D eigenvalue weighted by Crippen LogP contribution is -2.48. The van der Waals surface area contributed by atoms with Crippen molar-refractivity contribution < 1.29 is 4.79 Å². The monoisotopic (exact) mass is 373 g/mol. The van der Waals surface area contributed by atoms with Crippen LogP contribution in [0.1, 0.15) is 64.4 Å². The van der Waals surface area contributed by atoms with Crippen LogP contribution in [-0.4, -0.2) is 41.0 Å². The van der Waals surface area contributed by atoms with Gasteiger partial charge in [0.2, 0.25) is 5.91 Å². The summed E-state index contributed by atoms with van der Waals surface area (Å²) in [6.45, 7) is 6.03. The fourth-order valence-electron chi connectivity index (χ4n) is 3.82. The molecule has 0 aromatic heterocycles. The lowest BCUT2D eigenvalue weighted by Gasteiger charge is -2.33. The van der Waals surface area contributed by atoms with Gasteiger partial charge in [0.1, 0.15) is 6.17 Å². The molecule has 1 atom stereocenters. The van der Waals surface area contributed by atoms with Crippen LogP contribution in [0.2, 0.25) is 0 Å². The maximum absolute atomic E-state index is 12.4. The summed E-state index contributed by atoms with van der Waals surface area (Å²) >= 11 is 1.78. The molecule has 4 nitrogen and oxygen atoms in total. The van der Waals surface area contributed by atoms with E-state index < -0.39 is 0 Å². The summed E-state index contributed by atoms with van der Waals surface area (Å²) in [5, 5.41) is 1.09. The molecule has 2 aliphatic rings. The standard InChI is InChI=1S/C21H31N3OS/c1-15(2)17-10-12-19(13-11-17)24(16(3)25)20-14-26-21(23(20)4)22-18-8-6-5-7-9-18/h10-13,15,18,20H,5-9,14H2,1-4H3. The van der Waals surface area contributed by atoms with Gasteiger partial charge in [-0.25, -0.2) is 0 Å². The number of amides is 1. The fraction of sp³-hybridized carbons (Fsp3) is 0.619. The molecule has 1 amide bonds. The molecule has 1 saturated heterocycles. The molecule has 1 heterocycles. The number of carbonyl (C=O) groups is 1. The Morgan fingerprint density at radius 2 is 1.85 bits per heavy atom. The summed E-state index contributed by atoms with van der Waals surface area (Å²) in [5.74, 6) is 1.44. The van der Waals surface area contributed by atoms with Crippen LogP contribution in [0.25, 0.3) is 0 Å². The van der Waals surface area contributed by atoms with Crippen molar-refractivity contribution in [3.05, 3.63) is 29.8 Å². The summed E-state index contributed by atoms with van der Waals surface area (Å²) < 4.78 is 0. The predicted octanol–water partition coefficient (Wildman–Crippen LogP) is 4.86. The Kier molecular flexibility index (Phi) is 6.28. The van der Waals surface area contributed by atoms with Gasteiger partial charge in [-0.15, -0.1) is 0 Å². The van der Waals surface area contributed by atoms with E-state index in [1.54, 1.807) is 18.7 Å². The molecule has 2 fully saturated rings. The zero-order valence-corrected chi connectivity index (χ0v) is 17.3. The molecule has 1 aromatic carbocycles. The number of rotatable bonds is 4. The van der Waals surface area contributed by atoms with Crippen LogP contribution in [-0.2, 0) is 4.79 Å². The Hall–Kier alpha value is -1.49. The van der Waals surface area contributed by atoms with Gasteiger partial charge in [0, 0.05) is 25.4 Å².